The maximum Gasteiger partial charge on any atom is 0.573 e. The highest BCUT2D eigenvalue weighted by atomic mass is 19.4. The molecule has 0 amide bonds. The van der Waals surface area contributed by atoms with Crippen LogP contribution in [0.4, 0.5) is 48.2 Å². The van der Waals surface area contributed by atoms with Crippen LogP contribution in [0, 0.1) is 5.82 Å². The topological polar surface area (TPSA) is 59.1 Å². The minimum absolute atomic E-state index is 0.0320. The van der Waals surface area contributed by atoms with E-state index in [0.29, 0.717) is 0 Å². The van der Waals surface area contributed by atoms with Crippen LogP contribution >= 0.6 is 0 Å². The van der Waals surface area contributed by atoms with Crippen LogP contribution in [0.3, 0.4) is 0 Å². The maximum atomic E-state index is 14.3. The molecule has 174 valence electrons. The molecule has 2 N–H and O–H groups in total. The first-order valence-electron chi connectivity index (χ1n) is 9.62. The summed E-state index contributed by atoms with van der Waals surface area (Å²) in [7, 11) is 0. The molecule has 0 spiro atoms. The molecule has 0 aliphatic heterocycles. The van der Waals surface area contributed by atoms with Crippen molar-refractivity contribution in [3.8, 4) is 17.0 Å². The number of nitrogens with zero attached hydrogens (tertiary/aromatic N) is 2. The monoisotopic (exact) mass is 472 g/mol. The van der Waals surface area contributed by atoms with Crippen molar-refractivity contribution in [1.82, 2.24) is 9.97 Å². The molecular formula is C21H15F7N4O. The second kappa shape index (κ2) is 8.41. The van der Waals surface area contributed by atoms with Crippen molar-refractivity contribution in [2.75, 3.05) is 10.6 Å². The van der Waals surface area contributed by atoms with Gasteiger partial charge in [0.05, 0.1) is 16.9 Å². The molecule has 0 atom stereocenters. The van der Waals surface area contributed by atoms with Crippen molar-refractivity contribution in [1.29, 1.82) is 0 Å². The third-order valence-electron chi connectivity index (χ3n) is 4.57. The summed E-state index contributed by atoms with van der Waals surface area (Å²) in [6, 6.07) is 8.69. The molecule has 33 heavy (non-hydrogen) atoms. The average molecular weight is 472 g/mol. The predicted molar refractivity (Wildman–Crippen MR) is 105 cm³/mol. The molecule has 1 fully saturated rings. The van der Waals surface area contributed by atoms with E-state index in [4.69, 9.17) is 0 Å². The van der Waals surface area contributed by atoms with Gasteiger partial charge >= 0.3 is 12.5 Å². The zero-order chi connectivity index (χ0) is 23.8. The third kappa shape index (κ3) is 5.82. The number of hydrogen-bond acceptors (Lipinski definition) is 5. The lowest BCUT2D eigenvalue weighted by atomic mass is 10.1. The number of rotatable bonds is 6. The van der Waals surface area contributed by atoms with Gasteiger partial charge in [0.2, 0.25) is 5.95 Å². The normalized spacial score (nSPS) is 14.2. The van der Waals surface area contributed by atoms with Gasteiger partial charge in [-0.05, 0) is 37.1 Å². The standard InChI is InChI=1S/C21H15F7N4O/c22-15-6-2-5-14(20(23,24)25)18(15)31-17-10-16(30-19(32-17)29-12-7-8-12)11-3-1-4-13(9-11)33-21(26,27)28/h1-6,9-10,12H,7-8H2,(H2,29,30,31,32). The molecular weight excluding hydrogens is 457 g/mol. The molecule has 0 saturated heterocycles. The van der Waals surface area contributed by atoms with Crippen molar-refractivity contribution in [3.05, 3.63) is 59.9 Å². The second-order valence-corrected chi connectivity index (χ2v) is 7.24. The lowest BCUT2D eigenvalue weighted by Gasteiger charge is -2.16. The van der Waals surface area contributed by atoms with E-state index in [9.17, 15) is 30.7 Å². The van der Waals surface area contributed by atoms with Gasteiger partial charge < -0.3 is 15.4 Å². The Balaban J connectivity index is 1.74. The molecule has 1 aromatic heterocycles. The highest BCUT2D eigenvalue weighted by molar-refractivity contribution is 5.70. The molecule has 5 nitrogen and oxygen atoms in total. The summed E-state index contributed by atoms with van der Waals surface area (Å²) in [4.78, 5) is 8.34. The molecule has 0 bridgehead atoms. The Morgan fingerprint density at radius 3 is 2.30 bits per heavy atom. The minimum atomic E-state index is -4.91. The Hall–Kier alpha value is -3.57. The van der Waals surface area contributed by atoms with Gasteiger partial charge in [0, 0.05) is 17.7 Å². The maximum absolute atomic E-state index is 14.3. The number of halogens is 7. The van der Waals surface area contributed by atoms with Gasteiger partial charge in [-0.25, -0.2) is 9.37 Å². The van der Waals surface area contributed by atoms with E-state index in [-0.39, 0.29) is 29.1 Å². The first-order valence-corrected chi connectivity index (χ1v) is 9.62. The van der Waals surface area contributed by atoms with Gasteiger partial charge in [-0.3, -0.25) is 0 Å². The third-order valence-corrected chi connectivity index (χ3v) is 4.57. The number of hydrogen-bond donors (Lipinski definition) is 2. The highest BCUT2D eigenvalue weighted by Crippen LogP contribution is 2.38. The zero-order valence-corrected chi connectivity index (χ0v) is 16.6. The van der Waals surface area contributed by atoms with Gasteiger partial charge in [0.25, 0.3) is 0 Å². The Morgan fingerprint density at radius 1 is 0.909 bits per heavy atom. The van der Waals surface area contributed by atoms with Crippen molar-refractivity contribution in [2.45, 2.75) is 31.4 Å². The SMILES string of the molecule is Fc1cccc(C(F)(F)F)c1Nc1cc(-c2cccc(OC(F)(F)F)c2)nc(NC2CC2)n1. The molecule has 0 unspecified atom stereocenters. The van der Waals surface area contributed by atoms with E-state index in [0.717, 1.165) is 43.2 Å². The van der Waals surface area contributed by atoms with Crippen LogP contribution in [0.15, 0.2) is 48.5 Å². The summed E-state index contributed by atoms with van der Waals surface area (Å²) in [5.74, 6) is -1.80. The van der Waals surface area contributed by atoms with Gasteiger partial charge in [0.1, 0.15) is 17.4 Å². The zero-order valence-electron chi connectivity index (χ0n) is 16.6. The lowest BCUT2D eigenvalue weighted by Crippen LogP contribution is -2.17. The van der Waals surface area contributed by atoms with Gasteiger partial charge in [-0.1, -0.05) is 18.2 Å². The first kappa shape index (κ1) is 22.6. The summed E-state index contributed by atoms with van der Waals surface area (Å²) in [5.41, 5.74) is -1.79. The highest BCUT2D eigenvalue weighted by Gasteiger charge is 2.35. The number of nitrogens with one attached hydrogen (secondary N) is 2. The molecule has 12 heteroatoms. The quantitative estimate of drug-likeness (QED) is 0.400. The fourth-order valence-corrected chi connectivity index (χ4v) is 3.00. The smallest absolute Gasteiger partial charge is 0.406 e. The predicted octanol–water partition coefficient (Wildman–Crippen LogP) is 6.52. The van der Waals surface area contributed by atoms with E-state index in [1.807, 2.05) is 0 Å². The van der Waals surface area contributed by atoms with Crippen LogP contribution in [0.2, 0.25) is 0 Å². The number of ether oxygens (including phenoxy) is 1. The van der Waals surface area contributed by atoms with Crippen LogP contribution in [-0.2, 0) is 6.18 Å². The van der Waals surface area contributed by atoms with E-state index < -0.39 is 35.4 Å². The van der Waals surface area contributed by atoms with E-state index in [1.54, 1.807) is 0 Å². The van der Waals surface area contributed by atoms with Crippen LogP contribution in [0.1, 0.15) is 18.4 Å². The number of aromatic nitrogens is 2. The fourth-order valence-electron chi connectivity index (χ4n) is 3.00. The number of anilines is 3. The molecule has 2 aromatic carbocycles. The van der Waals surface area contributed by atoms with Crippen LogP contribution in [-0.4, -0.2) is 22.4 Å². The Bertz CT molecular complexity index is 1160. The van der Waals surface area contributed by atoms with Crippen molar-refractivity contribution in [2.24, 2.45) is 0 Å². The molecule has 1 saturated carbocycles. The average Bonchev–Trinajstić information content (AvgIpc) is 3.51. The number of alkyl halides is 6. The van der Waals surface area contributed by atoms with Crippen molar-refractivity contribution >= 4 is 17.5 Å². The lowest BCUT2D eigenvalue weighted by molar-refractivity contribution is -0.274. The largest absolute Gasteiger partial charge is 0.573 e. The molecule has 4 rings (SSSR count). The van der Waals surface area contributed by atoms with Crippen LogP contribution in [0.25, 0.3) is 11.3 Å². The number of benzene rings is 2. The summed E-state index contributed by atoms with van der Waals surface area (Å²) < 4.78 is 96.0. The minimum Gasteiger partial charge on any atom is -0.406 e. The molecule has 0 radical (unpaired) electrons. The van der Waals surface area contributed by atoms with Crippen molar-refractivity contribution in [3.63, 3.8) is 0 Å². The Kier molecular flexibility index (Phi) is 5.76. The van der Waals surface area contributed by atoms with Gasteiger partial charge in [0.15, 0.2) is 0 Å². The van der Waals surface area contributed by atoms with Crippen LogP contribution in [0.5, 0.6) is 5.75 Å². The fraction of sp³-hybridized carbons (Fsp3) is 0.238. The molecule has 1 heterocycles. The second-order valence-electron chi connectivity index (χ2n) is 7.24. The van der Waals surface area contributed by atoms with Gasteiger partial charge in [-0.15, -0.1) is 13.2 Å². The first-order chi connectivity index (χ1) is 15.5. The molecule has 3 aromatic rings. The van der Waals surface area contributed by atoms with Gasteiger partial charge in [-0.2, -0.15) is 18.2 Å². The Labute approximate surface area is 182 Å². The summed E-state index contributed by atoms with van der Waals surface area (Å²) in [5, 5.41) is 5.32. The van der Waals surface area contributed by atoms with E-state index in [2.05, 4.69) is 25.3 Å². The van der Waals surface area contributed by atoms with Crippen molar-refractivity contribution < 1.29 is 35.5 Å². The molecule has 1 aliphatic carbocycles. The summed E-state index contributed by atoms with van der Waals surface area (Å²) in [6.45, 7) is 0. The molecule has 1 aliphatic rings. The van der Waals surface area contributed by atoms with E-state index in [1.165, 1.54) is 18.2 Å². The summed E-state index contributed by atoms with van der Waals surface area (Å²) in [6.07, 6.45) is -8.08. The number of para-hydroxylation sites is 1. The summed E-state index contributed by atoms with van der Waals surface area (Å²) >= 11 is 0. The Morgan fingerprint density at radius 2 is 1.64 bits per heavy atom. The van der Waals surface area contributed by atoms with Crippen LogP contribution < -0.4 is 15.4 Å². The van der Waals surface area contributed by atoms with E-state index >= 15 is 0 Å².